The van der Waals surface area contributed by atoms with Crippen LogP contribution in [0.1, 0.15) is 37.2 Å². The zero-order chi connectivity index (χ0) is 23.7. The average molecular weight is 472 g/mol. The van der Waals surface area contributed by atoms with Crippen LogP contribution in [-0.2, 0) is 6.54 Å². The molecule has 0 radical (unpaired) electrons. The van der Waals surface area contributed by atoms with Gasteiger partial charge in [-0.05, 0) is 56.0 Å². The lowest BCUT2D eigenvalue weighted by atomic mass is 10.1. The van der Waals surface area contributed by atoms with Crippen molar-refractivity contribution in [1.29, 1.82) is 5.26 Å². The molecule has 9 heteroatoms. The summed E-state index contributed by atoms with van der Waals surface area (Å²) < 4.78 is 1.84. The van der Waals surface area contributed by atoms with E-state index in [1.807, 2.05) is 29.7 Å². The van der Waals surface area contributed by atoms with Crippen LogP contribution in [0.4, 0.5) is 17.1 Å². The first-order chi connectivity index (χ1) is 16.5. The van der Waals surface area contributed by atoms with E-state index in [-0.39, 0.29) is 22.3 Å². The van der Waals surface area contributed by atoms with Gasteiger partial charge in [-0.25, -0.2) is 15.0 Å². The summed E-state index contributed by atoms with van der Waals surface area (Å²) >= 11 is 6.09. The van der Waals surface area contributed by atoms with Gasteiger partial charge in [-0.1, -0.05) is 11.6 Å². The third-order valence-electron chi connectivity index (χ3n) is 5.89. The second kappa shape index (κ2) is 9.12. The standard InChI is InChI=1S/C25H22ClN7O/c1-15(25-29-8-2-9-30-25)31-21-12-23(34)33(14-16-3-4-16)22-6-5-17(11-18(21)22)32-20-7-10-28-24(26)19(20)13-27/h2,5-12,15-16,31H,3-4,14H2,1H3,(H,28,32). The summed E-state index contributed by atoms with van der Waals surface area (Å²) in [6.07, 6.45) is 7.24. The molecule has 1 saturated carbocycles. The quantitative estimate of drug-likeness (QED) is 0.363. The smallest absolute Gasteiger partial charge is 0.253 e. The fourth-order valence-electron chi connectivity index (χ4n) is 3.96. The first-order valence-corrected chi connectivity index (χ1v) is 11.4. The van der Waals surface area contributed by atoms with Crippen molar-refractivity contribution >= 4 is 39.6 Å². The minimum absolute atomic E-state index is 0.0449. The zero-order valence-corrected chi connectivity index (χ0v) is 19.3. The van der Waals surface area contributed by atoms with E-state index in [9.17, 15) is 10.1 Å². The number of nitriles is 1. The Hall–Kier alpha value is -3.96. The van der Waals surface area contributed by atoms with Crippen LogP contribution in [0.3, 0.4) is 0 Å². The monoisotopic (exact) mass is 471 g/mol. The number of rotatable bonds is 7. The van der Waals surface area contributed by atoms with Gasteiger partial charge < -0.3 is 15.2 Å². The number of anilines is 3. The van der Waals surface area contributed by atoms with E-state index in [4.69, 9.17) is 11.6 Å². The highest BCUT2D eigenvalue weighted by Crippen LogP contribution is 2.34. The molecular formula is C25H22ClN7O. The number of hydrogen-bond acceptors (Lipinski definition) is 7. The van der Waals surface area contributed by atoms with Gasteiger partial charge in [0.1, 0.15) is 22.6 Å². The van der Waals surface area contributed by atoms with Crippen molar-refractivity contribution in [3.05, 3.63) is 81.9 Å². The summed E-state index contributed by atoms with van der Waals surface area (Å²) in [6.45, 7) is 2.66. The topological polar surface area (TPSA) is 109 Å². The van der Waals surface area contributed by atoms with Gasteiger partial charge >= 0.3 is 0 Å². The zero-order valence-electron chi connectivity index (χ0n) is 18.5. The van der Waals surface area contributed by atoms with E-state index in [2.05, 4.69) is 31.7 Å². The first kappa shape index (κ1) is 21.9. The predicted octanol–water partition coefficient (Wildman–Crippen LogP) is 5.04. The summed E-state index contributed by atoms with van der Waals surface area (Å²) in [5.74, 6) is 1.18. The number of benzene rings is 1. The Morgan fingerprint density at radius 2 is 1.94 bits per heavy atom. The number of pyridine rings is 2. The van der Waals surface area contributed by atoms with E-state index in [1.165, 1.54) is 0 Å². The van der Waals surface area contributed by atoms with Crippen LogP contribution in [-0.4, -0.2) is 19.5 Å². The number of aromatic nitrogens is 4. The highest BCUT2D eigenvalue weighted by atomic mass is 35.5. The Labute approximate surface area is 201 Å². The lowest BCUT2D eigenvalue weighted by Crippen LogP contribution is -2.22. The number of nitrogens with zero attached hydrogens (tertiary/aromatic N) is 5. The number of halogens is 1. The predicted molar refractivity (Wildman–Crippen MR) is 132 cm³/mol. The summed E-state index contributed by atoms with van der Waals surface area (Å²) in [6, 6.07) is 12.8. The summed E-state index contributed by atoms with van der Waals surface area (Å²) in [4.78, 5) is 25.7. The maximum Gasteiger partial charge on any atom is 0.253 e. The molecule has 1 aliphatic carbocycles. The summed E-state index contributed by atoms with van der Waals surface area (Å²) in [5, 5.41) is 17.2. The molecule has 1 aromatic carbocycles. The van der Waals surface area contributed by atoms with Crippen molar-refractivity contribution in [1.82, 2.24) is 19.5 Å². The molecule has 170 valence electrons. The molecule has 0 aliphatic heterocycles. The van der Waals surface area contributed by atoms with Crippen LogP contribution in [0.2, 0.25) is 5.15 Å². The summed E-state index contributed by atoms with van der Waals surface area (Å²) in [5.41, 5.74) is 3.10. The Kier molecular flexibility index (Phi) is 5.86. The highest BCUT2D eigenvalue weighted by Gasteiger charge is 2.24. The minimum atomic E-state index is -0.205. The van der Waals surface area contributed by atoms with E-state index in [1.54, 1.807) is 36.8 Å². The van der Waals surface area contributed by atoms with Crippen molar-refractivity contribution in [2.24, 2.45) is 5.92 Å². The molecule has 2 N–H and O–H groups in total. The molecular weight excluding hydrogens is 450 g/mol. The second-order valence-corrected chi connectivity index (χ2v) is 8.77. The van der Waals surface area contributed by atoms with Crippen molar-refractivity contribution in [3.8, 4) is 6.07 Å². The van der Waals surface area contributed by atoms with Crippen LogP contribution >= 0.6 is 11.6 Å². The number of hydrogen-bond donors (Lipinski definition) is 2. The Morgan fingerprint density at radius 1 is 1.15 bits per heavy atom. The third-order valence-corrected chi connectivity index (χ3v) is 6.18. The van der Waals surface area contributed by atoms with Gasteiger partial charge in [-0.2, -0.15) is 5.26 Å². The molecule has 8 nitrogen and oxygen atoms in total. The molecule has 34 heavy (non-hydrogen) atoms. The molecule has 0 spiro atoms. The first-order valence-electron chi connectivity index (χ1n) is 11.1. The Bertz CT molecular complexity index is 1460. The van der Waals surface area contributed by atoms with Gasteiger partial charge in [0.05, 0.1) is 17.2 Å². The SMILES string of the molecule is CC(Nc1cc(=O)n(CC2CC2)c2ccc(Nc3ccnc(Cl)c3C#N)cc12)c1ncccn1. The maximum atomic E-state index is 13.1. The van der Waals surface area contributed by atoms with Gasteiger partial charge in [-0.15, -0.1) is 0 Å². The summed E-state index contributed by atoms with van der Waals surface area (Å²) in [7, 11) is 0. The molecule has 0 saturated heterocycles. The van der Waals surface area contributed by atoms with Crippen LogP contribution in [0, 0.1) is 17.2 Å². The highest BCUT2D eigenvalue weighted by molar-refractivity contribution is 6.31. The molecule has 1 atom stereocenters. The van der Waals surface area contributed by atoms with Gasteiger partial charge in [0.25, 0.3) is 5.56 Å². The fourth-order valence-corrected chi connectivity index (χ4v) is 4.16. The van der Waals surface area contributed by atoms with Gasteiger partial charge in [-0.3, -0.25) is 4.79 Å². The van der Waals surface area contributed by atoms with Crippen LogP contribution < -0.4 is 16.2 Å². The van der Waals surface area contributed by atoms with Crippen molar-refractivity contribution < 1.29 is 0 Å². The number of fused-ring (bicyclic) bond motifs is 1. The van der Waals surface area contributed by atoms with E-state index in [0.717, 1.165) is 29.4 Å². The third kappa shape index (κ3) is 4.43. The molecule has 1 fully saturated rings. The molecule has 5 rings (SSSR count). The molecule has 1 unspecified atom stereocenters. The Morgan fingerprint density at radius 3 is 2.68 bits per heavy atom. The van der Waals surface area contributed by atoms with Gasteiger partial charge in [0.2, 0.25) is 0 Å². The van der Waals surface area contributed by atoms with E-state index >= 15 is 0 Å². The molecule has 4 aromatic rings. The molecule has 0 bridgehead atoms. The lowest BCUT2D eigenvalue weighted by Gasteiger charge is -2.19. The van der Waals surface area contributed by atoms with E-state index in [0.29, 0.717) is 29.7 Å². The molecule has 3 heterocycles. The normalized spacial score (nSPS) is 13.9. The van der Waals surface area contributed by atoms with Crippen molar-refractivity contribution in [2.75, 3.05) is 10.6 Å². The lowest BCUT2D eigenvalue weighted by molar-refractivity contribution is 0.627. The molecule has 0 amide bonds. The molecule has 3 aromatic heterocycles. The molecule has 1 aliphatic rings. The van der Waals surface area contributed by atoms with Crippen molar-refractivity contribution in [2.45, 2.75) is 32.4 Å². The Balaban J connectivity index is 1.58. The second-order valence-electron chi connectivity index (χ2n) is 8.42. The fraction of sp³-hybridized carbons (Fsp3) is 0.240. The van der Waals surface area contributed by atoms with E-state index < -0.39 is 0 Å². The number of nitrogens with one attached hydrogen (secondary N) is 2. The largest absolute Gasteiger partial charge is 0.375 e. The maximum absolute atomic E-state index is 13.1. The van der Waals surface area contributed by atoms with Crippen LogP contribution in [0.25, 0.3) is 10.9 Å². The van der Waals surface area contributed by atoms with Gasteiger partial charge in [0, 0.05) is 48.0 Å². The minimum Gasteiger partial charge on any atom is -0.375 e. The average Bonchev–Trinajstić information content (AvgIpc) is 3.66. The van der Waals surface area contributed by atoms with Gasteiger partial charge in [0.15, 0.2) is 0 Å². The van der Waals surface area contributed by atoms with Crippen LogP contribution in [0.5, 0.6) is 0 Å². The van der Waals surface area contributed by atoms with Crippen LogP contribution in [0.15, 0.2) is 59.8 Å². The van der Waals surface area contributed by atoms with Crippen molar-refractivity contribution in [3.63, 3.8) is 0 Å².